The van der Waals surface area contributed by atoms with Crippen molar-refractivity contribution < 1.29 is 19.1 Å². The van der Waals surface area contributed by atoms with Gasteiger partial charge in [-0.3, -0.25) is 9.59 Å². The average Bonchev–Trinajstić information content (AvgIpc) is 2.73. The highest BCUT2D eigenvalue weighted by molar-refractivity contribution is 7.18. The minimum absolute atomic E-state index is 0.182. The molecule has 110 valence electrons. The molecule has 1 aromatic rings. The summed E-state index contributed by atoms with van der Waals surface area (Å²) in [6, 6.07) is 0. The zero-order valence-electron chi connectivity index (χ0n) is 11.6. The van der Waals surface area contributed by atoms with E-state index in [2.05, 4.69) is 10.1 Å². The molecule has 0 atom stereocenters. The lowest BCUT2D eigenvalue weighted by Crippen LogP contribution is -2.21. The van der Waals surface area contributed by atoms with E-state index in [1.54, 1.807) is 21.0 Å². The molecular formula is C12H15ClN2O4S. The first-order valence-corrected chi connectivity index (χ1v) is 6.97. The summed E-state index contributed by atoms with van der Waals surface area (Å²) in [5, 5.41) is 2.78. The van der Waals surface area contributed by atoms with E-state index < -0.39 is 11.9 Å². The summed E-state index contributed by atoms with van der Waals surface area (Å²) in [6.07, 6.45) is 0. The minimum Gasteiger partial charge on any atom is -0.465 e. The second-order valence-electron chi connectivity index (χ2n) is 4.13. The highest BCUT2D eigenvalue weighted by Crippen LogP contribution is 2.34. The largest absolute Gasteiger partial charge is 0.465 e. The Bertz CT molecular complexity index is 554. The lowest BCUT2D eigenvalue weighted by atomic mass is 10.1. The number of anilines is 1. The van der Waals surface area contributed by atoms with Gasteiger partial charge >= 0.3 is 5.97 Å². The molecule has 0 aliphatic carbocycles. The Morgan fingerprint density at radius 3 is 2.40 bits per heavy atom. The van der Waals surface area contributed by atoms with Crippen LogP contribution in [0.4, 0.5) is 5.00 Å². The van der Waals surface area contributed by atoms with Gasteiger partial charge in [-0.1, -0.05) is 0 Å². The smallest absolute Gasteiger partial charge is 0.341 e. The van der Waals surface area contributed by atoms with Crippen molar-refractivity contribution in [2.75, 3.05) is 32.4 Å². The number of halogens is 1. The Labute approximate surface area is 125 Å². The summed E-state index contributed by atoms with van der Waals surface area (Å²) in [7, 11) is 4.45. The van der Waals surface area contributed by atoms with Crippen molar-refractivity contribution >= 4 is 45.7 Å². The number of esters is 1. The van der Waals surface area contributed by atoms with Crippen molar-refractivity contribution in [3.63, 3.8) is 0 Å². The first kappa shape index (κ1) is 16.5. The van der Waals surface area contributed by atoms with E-state index in [0.717, 1.165) is 11.3 Å². The quantitative estimate of drug-likeness (QED) is 0.677. The summed E-state index contributed by atoms with van der Waals surface area (Å²) in [6.45, 7) is 1.63. The Kier molecular flexibility index (Phi) is 5.52. The van der Waals surface area contributed by atoms with Gasteiger partial charge in [-0.05, 0) is 12.5 Å². The molecule has 1 N–H and O–H groups in total. The van der Waals surface area contributed by atoms with Crippen LogP contribution in [0.1, 0.15) is 25.6 Å². The molecule has 2 amide bonds. The number of carbonyl (C=O) groups is 3. The molecule has 0 aliphatic heterocycles. The number of nitrogens with zero attached hydrogens (tertiary/aromatic N) is 1. The zero-order chi connectivity index (χ0) is 15.4. The van der Waals surface area contributed by atoms with Crippen LogP contribution in [0.2, 0.25) is 0 Å². The summed E-state index contributed by atoms with van der Waals surface area (Å²) in [4.78, 5) is 37.0. The van der Waals surface area contributed by atoms with Crippen LogP contribution in [-0.2, 0) is 9.53 Å². The molecule has 0 unspecified atom stereocenters. The van der Waals surface area contributed by atoms with Crippen LogP contribution in [-0.4, -0.2) is 49.8 Å². The molecule has 0 aromatic carbocycles. The molecule has 8 heteroatoms. The molecule has 1 aromatic heterocycles. The predicted octanol–water partition coefficient (Wildman–Crippen LogP) is 1.72. The maximum atomic E-state index is 12.0. The summed E-state index contributed by atoms with van der Waals surface area (Å²) in [5.74, 6) is -1.55. The van der Waals surface area contributed by atoms with Crippen LogP contribution in [0.25, 0.3) is 0 Å². The Balaban J connectivity index is 3.34. The number of hydrogen-bond donors (Lipinski definition) is 1. The molecule has 6 nitrogen and oxygen atoms in total. The fraction of sp³-hybridized carbons (Fsp3) is 0.417. The van der Waals surface area contributed by atoms with Gasteiger partial charge in [0.25, 0.3) is 5.91 Å². The van der Waals surface area contributed by atoms with Crippen LogP contribution in [0.3, 0.4) is 0 Å². The van der Waals surface area contributed by atoms with E-state index in [4.69, 9.17) is 11.6 Å². The Morgan fingerprint density at radius 2 is 1.95 bits per heavy atom. The molecule has 0 radical (unpaired) electrons. The van der Waals surface area contributed by atoms with Crippen LogP contribution >= 0.6 is 22.9 Å². The van der Waals surface area contributed by atoms with Crippen molar-refractivity contribution in [1.29, 1.82) is 0 Å². The molecule has 0 saturated carbocycles. The molecule has 1 heterocycles. The van der Waals surface area contributed by atoms with Gasteiger partial charge in [0.2, 0.25) is 5.91 Å². The van der Waals surface area contributed by atoms with Gasteiger partial charge in [0, 0.05) is 14.1 Å². The van der Waals surface area contributed by atoms with Crippen molar-refractivity contribution in [3.8, 4) is 0 Å². The first-order valence-electron chi connectivity index (χ1n) is 5.62. The average molecular weight is 319 g/mol. The first-order chi connectivity index (χ1) is 9.33. The maximum absolute atomic E-state index is 12.0. The van der Waals surface area contributed by atoms with Crippen LogP contribution < -0.4 is 5.32 Å². The number of amides is 2. The van der Waals surface area contributed by atoms with E-state index in [1.165, 1.54) is 12.0 Å². The van der Waals surface area contributed by atoms with Gasteiger partial charge < -0.3 is 15.0 Å². The zero-order valence-corrected chi connectivity index (χ0v) is 13.1. The number of hydrogen-bond acceptors (Lipinski definition) is 5. The van der Waals surface area contributed by atoms with E-state index >= 15 is 0 Å². The SMILES string of the molecule is COC(=O)c1c(NC(=O)CCl)sc(C(=O)N(C)C)c1C. The molecule has 20 heavy (non-hydrogen) atoms. The van der Waals surface area contributed by atoms with Gasteiger partial charge in [-0.25, -0.2) is 4.79 Å². The van der Waals surface area contributed by atoms with Crippen molar-refractivity contribution in [3.05, 3.63) is 16.0 Å². The number of carbonyl (C=O) groups excluding carboxylic acids is 3. The monoisotopic (exact) mass is 318 g/mol. The number of nitrogens with one attached hydrogen (secondary N) is 1. The maximum Gasteiger partial charge on any atom is 0.341 e. The number of thiophene rings is 1. The third kappa shape index (κ3) is 3.29. The van der Waals surface area contributed by atoms with E-state index in [9.17, 15) is 14.4 Å². The summed E-state index contributed by atoms with van der Waals surface area (Å²) in [5.41, 5.74) is 0.659. The van der Waals surface area contributed by atoms with Gasteiger partial charge in [-0.2, -0.15) is 0 Å². The molecule has 0 spiro atoms. The van der Waals surface area contributed by atoms with Gasteiger partial charge in [0.15, 0.2) is 0 Å². The number of ether oxygens (including phenoxy) is 1. The number of alkyl halides is 1. The highest BCUT2D eigenvalue weighted by atomic mass is 35.5. The number of methoxy groups -OCH3 is 1. The third-order valence-electron chi connectivity index (χ3n) is 2.51. The van der Waals surface area contributed by atoms with Gasteiger partial charge in [0.1, 0.15) is 10.9 Å². The highest BCUT2D eigenvalue weighted by Gasteiger charge is 2.26. The van der Waals surface area contributed by atoms with Gasteiger partial charge in [-0.15, -0.1) is 22.9 Å². The van der Waals surface area contributed by atoms with Crippen LogP contribution in [0.5, 0.6) is 0 Å². The molecule has 0 aliphatic rings. The van der Waals surface area contributed by atoms with Crippen LogP contribution in [0.15, 0.2) is 0 Å². The molecule has 1 rings (SSSR count). The standard InChI is InChI=1S/C12H15ClN2O4S/c1-6-8(12(18)19-4)10(14-7(16)5-13)20-9(6)11(17)15(2)3/h5H2,1-4H3,(H,14,16). The fourth-order valence-corrected chi connectivity index (χ4v) is 2.82. The third-order valence-corrected chi connectivity index (χ3v) is 3.95. The summed E-state index contributed by atoms with van der Waals surface area (Å²) < 4.78 is 4.69. The predicted molar refractivity (Wildman–Crippen MR) is 77.8 cm³/mol. The molecule has 0 bridgehead atoms. The number of rotatable bonds is 4. The Hall–Kier alpha value is -1.60. The normalized spacial score (nSPS) is 10.1. The second kappa shape index (κ2) is 6.71. The van der Waals surface area contributed by atoms with E-state index in [-0.39, 0.29) is 22.4 Å². The van der Waals surface area contributed by atoms with Crippen LogP contribution in [0, 0.1) is 6.92 Å². The lowest BCUT2D eigenvalue weighted by Gasteiger charge is -2.08. The van der Waals surface area contributed by atoms with Crippen molar-refractivity contribution in [2.24, 2.45) is 0 Å². The second-order valence-corrected chi connectivity index (χ2v) is 5.42. The van der Waals surface area contributed by atoms with Crippen molar-refractivity contribution in [2.45, 2.75) is 6.92 Å². The molecule has 0 saturated heterocycles. The van der Waals surface area contributed by atoms with Crippen molar-refractivity contribution in [1.82, 2.24) is 4.90 Å². The summed E-state index contributed by atoms with van der Waals surface area (Å²) >= 11 is 6.46. The molecule has 0 fully saturated rings. The topological polar surface area (TPSA) is 75.7 Å². The minimum atomic E-state index is -0.610. The molecular weight excluding hydrogens is 304 g/mol. The van der Waals surface area contributed by atoms with Gasteiger partial charge in [0.05, 0.1) is 17.6 Å². The van der Waals surface area contributed by atoms with E-state index in [0.29, 0.717) is 10.4 Å². The lowest BCUT2D eigenvalue weighted by molar-refractivity contribution is -0.113. The Morgan fingerprint density at radius 1 is 1.35 bits per heavy atom. The van der Waals surface area contributed by atoms with E-state index in [1.807, 2.05) is 0 Å². The fourth-order valence-electron chi connectivity index (χ4n) is 1.52.